The van der Waals surface area contributed by atoms with Crippen molar-refractivity contribution in [1.29, 1.82) is 0 Å². The van der Waals surface area contributed by atoms with Crippen LogP contribution in [-0.2, 0) is 14.8 Å². The van der Waals surface area contributed by atoms with Gasteiger partial charge in [-0.3, -0.25) is 19.6 Å². The molecular formula is C23H20N6O6S. The Balaban J connectivity index is 1.76. The number of sulfonamides is 1. The Morgan fingerprint density at radius 3 is 2.19 bits per heavy atom. The van der Waals surface area contributed by atoms with Crippen LogP contribution in [0.3, 0.4) is 0 Å². The van der Waals surface area contributed by atoms with Gasteiger partial charge in [0, 0.05) is 24.7 Å². The number of nitro groups is 1. The van der Waals surface area contributed by atoms with Crippen molar-refractivity contribution in [2.24, 2.45) is 0 Å². The fourth-order valence-electron chi connectivity index (χ4n) is 3.30. The molecule has 0 bridgehead atoms. The number of fused-ring (bicyclic) bond motifs is 1. The van der Waals surface area contributed by atoms with E-state index in [0.717, 1.165) is 0 Å². The topological polar surface area (TPSA) is 165 Å². The molecule has 36 heavy (non-hydrogen) atoms. The highest BCUT2D eigenvalue weighted by Crippen LogP contribution is 2.34. The van der Waals surface area contributed by atoms with Crippen molar-refractivity contribution >= 4 is 55.7 Å². The molecule has 0 saturated carbocycles. The van der Waals surface area contributed by atoms with Crippen LogP contribution in [0.1, 0.15) is 6.92 Å². The number of carbonyl (C=O) groups excluding carboxylic acids is 1. The summed E-state index contributed by atoms with van der Waals surface area (Å²) in [6.45, 7) is 1.34. The normalized spacial score (nSPS) is 11.1. The molecule has 4 aromatic rings. The molecule has 0 unspecified atom stereocenters. The summed E-state index contributed by atoms with van der Waals surface area (Å²) in [5.74, 6) is -0.139. The predicted octanol–water partition coefficient (Wildman–Crippen LogP) is 4.05. The first kappa shape index (κ1) is 24.3. The van der Waals surface area contributed by atoms with Crippen LogP contribution in [0.4, 0.5) is 28.7 Å². The lowest BCUT2D eigenvalue weighted by Gasteiger charge is -2.15. The van der Waals surface area contributed by atoms with Crippen LogP contribution in [0.25, 0.3) is 11.0 Å². The summed E-state index contributed by atoms with van der Waals surface area (Å²) in [6, 6.07) is 16.3. The van der Waals surface area contributed by atoms with E-state index in [1.165, 1.54) is 56.5 Å². The van der Waals surface area contributed by atoms with Crippen molar-refractivity contribution in [3.8, 4) is 5.75 Å². The molecule has 0 saturated heterocycles. The SMILES string of the molecule is COc1ccc([N+](=O)[O-])cc1Nc1nc2ccccc2nc1NS(=O)(=O)c1ccc(NC(C)=O)cc1. The second kappa shape index (κ2) is 9.84. The Morgan fingerprint density at radius 1 is 0.972 bits per heavy atom. The van der Waals surface area contributed by atoms with Gasteiger partial charge in [0.25, 0.3) is 15.7 Å². The molecule has 13 heteroatoms. The number of nitrogens with one attached hydrogen (secondary N) is 3. The zero-order valence-corrected chi connectivity index (χ0v) is 19.9. The summed E-state index contributed by atoms with van der Waals surface area (Å²) in [4.78, 5) is 30.7. The summed E-state index contributed by atoms with van der Waals surface area (Å²) >= 11 is 0. The summed E-state index contributed by atoms with van der Waals surface area (Å²) < 4.78 is 34.0. The Kier molecular flexibility index (Phi) is 6.65. The van der Waals surface area contributed by atoms with Crippen molar-refractivity contribution < 1.29 is 22.9 Å². The van der Waals surface area contributed by atoms with Gasteiger partial charge in [-0.1, -0.05) is 12.1 Å². The van der Waals surface area contributed by atoms with Crippen LogP contribution in [0, 0.1) is 10.1 Å². The molecule has 0 aliphatic carbocycles. The number of amides is 1. The van der Waals surface area contributed by atoms with Crippen molar-refractivity contribution in [3.05, 3.63) is 76.8 Å². The number of hydrogen-bond donors (Lipinski definition) is 3. The number of benzene rings is 3. The van der Waals surface area contributed by atoms with E-state index in [-0.39, 0.29) is 39.6 Å². The van der Waals surface area contributed by atoms with E-state index in [4.69, 9.17) is 4.74 Å². The lowest BCUT2D eigenvalue weighted by atomic mass is 10.2. The molecule has 184 valence electrons. The van der Waals surface area contributed by atoms with Gasteiger partial charge in [-0.25, -0.2) is 18.4 Å². The van der Waals surface area contributed by atoms with E-state index in [1.807, 2.05) is 0 Å². The minimum atomic E-state index is -4.12. The number of anilines is 4. The van der Waals surface area contributed by atoms with Crippen molar-refractivity contribution in [1.82, 2.24) is 9.97 Å². The van der Waals surface area contributed by atoms with Crippen LogP contribution in [0.2, 0.25) is 0 Å². The number of ether oxygens (including phenoxy) is 1. The standard InChI is InChI=1S/C23H20N6O6S/c1-14(30)24-15-7-10-17(11-8-15)36(33,34)28-23-22(25-18-5-3-4-6-19(18)26-23)27-20-13-16(29(31)32)9-12-21(20)35-2/h3-13H,1-2H3,(H,24,30)(H,25,27)(H,26,28). The summed E-state index contributed by atoms with van der Waals surface area (Å²) in [7, 11) is -2.73. The number of hydrogen-bond acceptors (Lipinski definition) is 9. The maximum atomic E-state index is 13.1. The molecule has 12 nitrogen and oxygen atoms in total. The van der Waals surface area contributed by atoms with Crippen LogP contribution >= 0.6 is 0 Å². The van der Waals surface area contributed by atoms with E-state index >= 15 is 0 Å². The number of methoxy groups -OCH3 is 1. The zero-order chi connectivity index (χ0) is 25.9. The Hall–Kier alpha value is -4.78. The minimum Gasteiger partial charge on any atom is -0.495 e. The van der Waals surface area contributed by atoms with Gasteiger partial charge < -0.3 is 15.4 Å². The highest BCUT2D eigenvalue weighted by molar-refractivity contribution is 7.92. The second-order valence-corrected chi connectivity index (χ2v) is 9.17. The first-order valence-electron chi connectivity index (χ1n) is 10.4. The maximum Gasteiger partial charge on any atom is 0.271 e. The van der Waals surface area contributed by atoms with E-state index in [9.17, 15) is 23.3 Å². The summed E-state index contributed by atoms with van der Waals surface area (Å²) in [5, 5.41) is 16.7. The van der Waals surface area contributed by atoms with Crippen molar-refractivity contribution in [2.75, 3.05) is 22.5 Å². The molecule has 0 spiro atoms. The molecule has 0 aliphatic rings. The lowest BCUT2D eigenvalue weighted by Crippen LogP contribution is -2.16. The molecule has 3 aromatic carbocycles. The van der Waals surface area contributed by atoms with E-state index in [1.54, 1.807) is 24.3 Å². The predicted molar refractivity (Wildman–Crippen MR) is 134 cm³/mol. The quantitative estimate of drug-likeness (QED) is 0.235. The average molecular weight is 509 g/mol. The van der Waals surface area contributed by atoms with Crippen molar-refractivity contribution in [2.45, 2.75) is 11.8 Å². The monoisotopic (exact) mass is 508 g/mol. The highest BCUT2D eigenvalue weighted by Gasteiger charge is 2.21. The first-order chi connectivity index (χ1) is 17.2. The third-order valence-corrected chi connectivity index (χ3v) is 6.29. The zero-order valence-electron chi connectivity index (χ0n) is 19.1. The fourth-order valence-corrected chi connectivity index (χ4v) is 4.31. The summed E-state index contributed by atoms with van der Waals surface area (Å²) in [5.41, 5.74) is 1.32. The molecule has 1 aromatic heterocycles. The van der Waals surface area contributed by atoms with Gasteiger partial charge in [0.2, 0.25) is 5.91 Å². The third-order valence-electron chi connectivity index (χ3n) is 4.93. The van der Waals surface area contributed by atoms with Gasteiger partial charge in [0.05, 0.1) is 33.6 Å². The Labute approximate surface area is 205 Å². The Morgan fingerprint density at radius 2 is 1.61 bits per heavy atom. The number of nitrogens with zero attached hydrogens (tertiary/aromatic N) is 3. The van der Waals surface area contributed by atoms with Crippen LogP contribution in [0.15, 0.2) is 71.6 Å². The molecule has 1 heterocycles. The minimum absolute atomic E-state index is 0.00550. The number of rotatable bonds is 8. The fraction of sp³-hybridized carbons (Fsp3) is 0.0870. The van der Waals surface area contributed by atoms with Gasteiger partial charge in [-0.05, 0) is 42.5 Å². The van der Waals surface area contributed by atoms with E-state index < -0.39 is 14.9 Å². The van der Waals surface area contributed by atoms with Gasteiger partial charge >= 0.3 is 0 Å². The van der Waals surface area contributed by atoms with Gasteiger partial charge in [0.1, 0.15) is 5.75 Å². The number of carbonyl (C=O) groups is 1. The smallest absolute Gasteiger partial charge is 0.271 e. The molecule has 0 atom stereocenters. The van der Waals surface area contributed by atoms with E-state index in [0.29, 0.717) is 16.7 Å². The molecule has 3 N–H and O–H groups in total. The molecule has 4 rings (SSSR count). The number of para-hydroxylation sites is 2. The largest absolute Gasteiger partial charge is 0.495 e. The summed E-state index contributed by atoms with van der Waals surface area (Å²) in [6.07, 6.45) is 0. The molecular weight excluding hydrogens is 488 g/mol. The Bertz CT molecular complexity index is 1570. The number of non-ortho nitro benzene ring substituents is 1. The lowest BCUT2D eigenvalue weighted by molar-refractivity contribution is -0.384. The average Bonchev–Trinajstić information content (AvgIpc) is 2.84. The van der Waals surface area contributed by atoms with Gasteiger partial charge in [0.15, 0.2) is 11.6 Å². The van der Waals surface area contributed by atoms with Crippen molar-refractivity contribution in [3.63, 3.8) is 0 Å². The van der Waals surface area contributed by atoms with Crippen LogP contribution < -0.4 is 20.1 Å². The van der Waals surface area contributed by atoms with Crippen LogP contribution in [0.5, 0.6) is 5.75 Å². The molecule has 1 amide bonds. The third kappa shape index (κ3) is 5.31. The molecule has 0 fully saturated rings. The van der Waals surface area contributed by atoms with E-state index in [2.05, 4.69) is 25.3 Å². The van der Waals surface area contributed by atoms with Gasteiger partial charge in [-0.2, -0.15) is 0 Å². The van der Waals surface area contributed by atoms with Gasteiger partial charge in [-0.15, -0.1) is 0 Å². The molecule has 0 radical (unpaired) electrons. The highest BCUT2D eigenvalue weighted by atomic mass is 32.2. The first-order valence-corrected chi connectivity index (χ1v) is 11.9. The van der Waals surface area contributed by atoms with Crippen LogP contribution in [-0.4, -0.2) is 36.3 Å². The maximum absolute atomic E-state index is 13.1. The molecule has 0 aliphatic heterocycles. The second-order valence-electron chi connectivity index (χ2n) is 7.49. The number of aromatic nitrogens is 2. The number of nitro benzene ring substituents is 1.